The molecule has 5 N–H and O–H groups in total. The lowest BCUT2D eigenvalue weighted by Gasteiger charge is -2.34. The van der Waals surface area contributed by atoms with Gasteiger partial charge < -0.3 is 39.6 Å². The number of imidazole rings is 1. The summed E-state index contributed by atoms with van der Waals surface area (Å²) in [5, 5.41) is 13.5. The van der Waals surface area contributed by atoms with Crippen LogP contribution in [0, 0.1) is 0 Å². The fourth-order valence-electron chi connectivity index (χ4n) is 3.33. The Morgan fingerprint density at radius 1 is 1.56 bits per heavy atom. The van der Waals surface area contributed by atoms with Gasteiger partial charge in [0.15, 0.2) is 22.5 Å². The Labute approximate surface area is 185 Å². The number of fused-ring (bicyclic) bond motifs is 2. The van der Waals surface area contributed by atoms with Crippen LogP contribution in [0.3, 0.4) is 0 Å². The van der Waals surface area contributed by atoms with Crippen molar-refractivity contribution in [1.82, 2.24) is 24.8 Å². The zero-order chi connectivity index (χ0) is 23.0. The first-order valence-corrected chi connectivity index (χ1v) is 11.8. The molecule has 15 nitrogen and oxygen atoms in total. The first-order chi connectivity index (χ1) is 15.2. The Balaban J connectivity index is 0.00000306. The number of anilines is 1. The molecule has 2 fully saturated rings. The zero-order valence-electron chi connectivity index (χ0n) is 17.6. The molecule has 1 amide bonds. The molecule has 0 saturated carbocycles. The van der Waals surface area contributed by atoms with Crippen molar-refractivity contribution in [3.05, 3.63) is 10.4 Å². The minimum Gasteiger partial charge on any atom is -0.756 e. The standard InChI is InChI=1S/C15H21N6O9PS/c1-27-3-2-17-7(22)5-32-15-18-8-11(19-14(16)20-12(8)24)21(15)13-9(23)10-6(29-13)4-28-31(25,26)30-10/h6,9-10,13,23H,2-5H2,1H3,(H,17,22)(H,25,26)(H3,16,19,20,24)/t6?,9?,10-,13-/m1/s1. The number of nitrogens with one attached hydrogen (secondary N) is 2. The van der Waals surface area contributed by atoms with Gasteiger partial charge in [-0.1, -0.05) is 11.8 Å². The molecule has 2 aromatic rings. The Bertz CT molecular complexity index is 1130. The molecule has 32 heavy (non-hydrogen) atoms. The number of aliphatic hydroxyl groups excluding tert-OH is 1. The molecule has 0 aromatic carbocycles. The molecule has 17 heteroatoms. The molecule has 2 aliphatic heterocycles. The van der Waals surface area contributed by atoms with E-state index < -0.39 is 37.9 Å². The third kappa shape index (κ3) is 4.53. The van der Waals surface area contributed by atoms with Crippen LogP contribution in [-0.2, 0) is 27.9 Å². The number of nitrogens with zero attached hydrogens (tertiary/aromatic N) is 3. The van der Waals surface area contributed by atoms with Gasteiger partial charge in [0.25, 0.3) is 13.4 Å². The number of H-pyrrole nitrogens is 1. The number of thioether (sulfide) groups is 1. The molecule has 4 rings (SSSR count). The molecule has 0 spiro atoms. The molecule has 0 bridgehead atoms. The number of rotatable bonds is 7. The van der Waals surface area contributed by atoms with Crippen molar-refractivity contribution in [2.45, 2.75) is 29.7 Å². The average Bonchev–Trinajstić information content (AvgIpc) is 3.23. The number of carbonyl (C=O) groups excluding carboxylic acids is 1. The van der Waals surface area contributed by atoms with Crippen LogP contribution in [0.4, 0.5) is 5.95 Å². The largest absolute Gasteiger partial charge is 1.00 e. The summed E-state index contributed by atoms with van der Waals surface area (Å²) >= 11 is 0.961. The van der Waals surface area contributed by atoms with Crippen molar-refractivity contribution < 1.29 is 39.3 Å². The van der Waals surface area contributed by atoms with Crippen molar-refractivity contribution in [3.63, 3.8) is 0 Å². The molecular weight excluding hydrogens is 471 g/mol. The summed E-state index contributed by atoms with van der Waals surface area (Å²) in [5.74, 6) is -0.602. The van der Waals surface area contributed by atoms with Crippen molar-refractivity contribution in [3.8, 4) is 0 Å². The minimum absolute atomic E-state index is 0. The Morgan fingerprint density at radius 3 is 3.09 bits per heavy atom. The van der Waals surface area contributed by atoms with E-state index >= 15 is 0 Å². The zero-order valence-corrected chi connectivity index (χ0v) is 18.3. The summed E-state index contributed by atoms with van der Waals surface area (Å²) < 4.78 is 33.1. The number of nitrogen functional groups attached to an aromatic ring is 1. The highest BCUT2D eigenvalue weighted by Crippen LogP contribution is 2.50. The van der Waals surface area contributed by atoms with Gasteiger partial charge in [-0.05, 0) is 0 Å². The molecule has 4 heterocycles. The maximum Gasteiger partial charge on any atom is 1.00 e. The Morgan fingerprint density at radius 2 is 2.34 bits per heavy atom. The van der Waals surface area contributed by atoms with Gasteiger partial charge in [0, 0.05) is 13.7 Å². The monoisotopic (exact) mass is 492 g/mol. The number of aliphatic hydroxyl groups is 1. The maximum absolute atomic E-state index is 12.3. The second kappa shape index (κ2) is 9.07. The van der Waals surface area contributed by atoms with Gasteiger partial charge in [-0.2, -0.15) is 4.98 Å². The van der Waals surface area contributed by atoms with Crippen LogP contribution in [0.15, 0.2) is 9.95 Å². The molecule has 2 aliphatic rings. The van der Waals surface area contributed by atoms with Crippen LogP contribution in [0.1, 0.15) is 7.65 Å². The molecule has 2 saturated heterocycles. The smallest absolute Gasteiger partial charge is 0.756 e. The number of methoxy groups -OCH3 is 1. The first-order valence-electron chi connectivity index (χ1n) is 9.34. The number of carbonyl (C=O) groups is 1. The van der Waals surface area contributed by atoms with E-state index in [4.69, 9.17) is 19.7 Å². The summed E-state index contributed by atoms with van der Waals surface area (Å²) in [6.07, 6.45) is -4.84. The number of ether oxygens (including phenoxy) is 2. The maximum atomic E-state index is 12.3. The van der Waals surface area contributed by atoms with Crippen molar-refractivity contribution in [2.75, 3.05) is 38.4 Å². The summed E-state index contributed by atoms with van der Waals surface area (Å²) in [5.41, 5.74) is 4.92. The van der Waals surface area contributed by atoms with Gasteiger partial charge >= 0.3 is 1.43 Å². The van der Waals surface area contributed by atoms with E-state index in [0.29, 0.717) is 13.2 Å². The van der Waals surface area contributed by atoms with E-state index in [1.165, 1.54) is 11.7 Å². The fourth-order valence-corrected chi connectivity index (χ4v) is 5.12. The predicted molar refractivity (Wildman–Crippen MR) is 108 cm³/mol. The van der Waals surface area contributed by atoms with Crippen LogP contribution in [-0.4, -0.2) is 81.5 Å². The molecule has 5 atom stereocenters. The van der Waals surface area contributed by atoms with E-state index in [1.807, 2.05) is 0 Å². The van der Waals surface area contributed by atoms with E-state index in [0.717, 1.165) is 11.8 Å². The summed E-state index contributed by atoms with van der Waals surface area (Å²) in [6.45, 7) is 0.292. The number of amides is 1. The lowest BCUT2D eigenvalue weighted by Crippen LogP contribution is -2.41. The predicted octanol–water partition coefficient (Wildman–Crippen LogP) is -2.19. The molecule has 176 valence electrons. The van der Waals surface area contributed by atoms with Crippen molar-refractivity contribution >= 4 is 42.6 Å². The second-order valence-corrected chi connectivity index (χ2v) is 9.19. The molecule has 2 aromatic heterocycles. The number of aromatic nitrogens is 4. The van der Waals surface area contributed by atoms with E-state index in [1.54, 1.807) is 0 Å². The lowest BCUT2D eigenvalue weighted by molar-refractivity contribution is -0.245. The Kier molecular flexibility index (Phi) is 6.56. The van der Waals surface area contributed by atoms with Crippen LogP contribution >= 0.6 is 19.6 Å². The number of phosphoric ester groups is 1. The van der Waals surface area contributed by atoms with Crippen molar-refractivity contribution in [2.24, 2.45) is 0 Å². The van der Waals surface area contributed by atoms with Crippen LogP contribution < -0.4 is 21.5 Å². The molecular formula is C15H21N6O9PS. The van der Waals surface area contributed by atoms with Gasteiger partial charge in [-0.15, -0.1) is 0 Å². The van der Waals surface area contributed by atoms with Gasteiger partial charge in [-0.3, -0.25) is 23.7 Å². The minimum atomic E-state index is -4.59. The van der Waals surface area contributed by atoms with Gasteiger partial charge in [-0.25, -0.2) is 4.98 Å². The van der Waals surface area contributed by atoms with Gasteiger partial charge in [0.1, 0.15) is 18.3 Å². The molecule has 0 aliphatic carbocycles. The van der Waals surface area contributed by atoms with Gasteiger partial charge in [0.05, 0.1) is 19.0 Å². The molecule has 0 radical (unpaired) electrons. The lowest BCUT2D eigenvalue weighted by atomic mass is 10.1. The van der Waals surface area contributed by atoms with Gasteiger partial charge in [0.2, 0.25) is 11.9 Å². The second-order valence-electron chi connectivity index (χ2n) is 6.89. The quantitative estimate of drug-likeness (QED) is 0.184. The van der Waals surface area contributed by atoms with E-state index in [9.17, 15) is 24.2 Å². The Hall–Kier alpha value is -2.04. The third-order valence-corrected chi connectivity index (χ3v) is 6.63. The summed E-state index contributed by atoms with van der Waals surface area (Å²) in [6, 6.07) is 0. The van der Waals surface area contributed by atoms with E-state index in [2.05, 4.69) is 24.8 Å². The van der Waals surface area contributed by atoms with E-state index in [-0.39, 0.29) is 42.0 Å². The number of aromatic amines is 1. The third-order valence-electron chi connectivity index (χ3n) is 4.71. The molecule has 3 unspecified atom stereocenters. The number of nitrogens with two attached hydrogens (primary N) is 1. The highest BCUT2D eigenvalue weighted by Gasteiger charge is 2.51. The topological polar surface area (TPSA) is 216 Å². The summed E-state index contributed by atoms with van der Waals surface area (Å²) in [7, 11) is -3.08. The average molecular weight is 492 g/mol. The normalized spacial score (nSPS) is 29.8. The fraction of sp³-hybridized carbons (Fsp3) is 0.600. The number of hydrogen-bond donors (Lipinski definition) is 4. The highest BCUT2D eigenvalue weighted by molar-refractivity contribution is 7.99. The number of hydrogen-bond acceptors (Lipinski definition) is 13. The van der Waals surface area contributed by atoms with Crippen LogP contribution in [0.2, 0.25) is 0 Å². The van der Waals surface area contributed by atoms with Crippen LogP contribution in [0.25, 0.3) is 11.2 Å². The van der Waals surface area contributed by atoms with Crippen molar-refractivity contribution in [1.29, 1.82) is 0 Å². The SMILES string of the molecule is COCCNC(=O)CSc1nc2c(=O)[nH]c(N)nc2n1[C@@H]1OC2COP(=O)([O-])O[C@H]2C1O.[H+]. The number of phosphoric acid groups is 1. The summed E-state index contributed by atoms with van der Waals surface area (Å²) in [4.78, 5) is 46.7. The first kappa shape index (κ1) is 23.1. The highest BCUT2D eigenvalue weighted by atomic mass is 32.2. The van der Waals surface area contributed by atoms with Crippen LogP contribution in [0.5, 0.6) is 0 Å².